The van der Waals surface area contributed by atoms with Crippen molar-refractivity contribution in [2.24, 2.45) is 0 Å². The van der Waals surface area contributed by atoms with Gasteiger partial charge in [0.2, 0.25) is 0 Å². The molecule has 0 saturated heterocycles. The summed E-state index contributed by atoms with van der Waals surface area (Å²) in [4.78, 5) is 11.2. The Morgan fingerprint density at radius 3 is 2.40 bits per heavy atom. The molecule has 0 heterocycles. The molecule has 0 spiro atoms. The van der Waals surface area contributed by atoms with Gasteiger partial charge in [-0.1, -0.05) is 18.7 Å². The molecule has 1 aromatic rings. The lowest BCUT2D eigenvalue weighted by Gasteiger charge is -2.04. The van der Waals surface area contributed by atoms with E-state index in [1.807, 2.05) is 12.1 Å². The molecule has 0 unspecified atom stereocenters. The summed E-state index contributed by atoms with van der Waals surface area (Å²) < 4.78 is 9.99. The van der Waals surface area contributed by atoms with Gasteiger partial charge >= 0.3 is 5.97 Å². The smallest absolute Gasteiger partial charge is 0.338 e. The minimum atomic E-state index is -0.408. The van der Waals surface area contributed by atoms with E-state index in [0.29, 0.717) is 17.9 Å². The van der Waals surface area contributed by atoms with Crippen molar-refractivity contribution < 1.29 is 14.3 Å². The number of benzene rings is 1. The third-order valence-corrected chi connectivity index (χ3v) is 1.79. The maximum atomic E-state index is 11.2. The van der Waals surface area contributed by atoms with Gasteiger partial charge in [-0.15, -0.1) is 0 Å². The Morgan fingerprint density at radius 2 is 1.93 bits per heavy atom. The summed E-state index contributed by atoms with van der Waals surface area (Å²) in [5, 5.41) is 0. The Labute approximate surface area is 89.3 Å². The van der Waals surface area contributed by atoms with Gasteiger partial charge in [-0.05, 0) is 24.6 Å². The molecular formula is C12H14O3. The van der Waals surface area contributed by atoms with E-state index in [4.69, 9.17) is 9.47 Å². The van der Waals surface area contributed by atoms with E-state index in [2.05, 4.69) is 6.58 Å². The first-order valence-electron chi connectivity index (χ1n) is 4.59. The molecule has 0 aromatic heterocycles. The molecule has 15 heavy (non-hydrogen) atoms. The number of ether oxygens (including phenoxy) is 2. The zero-order valence-corrected chi connectivity index (χ0v) is 8.95. The lowest BCUT2D eigenvalue weighted by molar-refractivity contribution is -0.130. The predicted octanol–water partition coefficient (Wildman–Crippen LogP) is 2.31. The highest BCUT2D eigenvalue weighted by Crippen LogP contribution is 2.13. The Hall–Kier alpha value is -1.61. The molecule has 0 bridgehead atoms. The van der Waals surface area contributed by atoms with Gasteiger partial charge in [0, 0.05) is 12.7 Å². The van der Waals surface area contributed by atoms with Crippen LogP contribution in [0.5, 0.6) is 5.75 Å². The molecular weight excluding hydrogens is 192 g/mol. The topological polar surface area (TPSA) is 35.5 Å². The van der Waals surface area contributed by atoms with E-state index in [0.717, 1.165) is 5.56 Å². The standard InChI is InChI=1S/C12H14O3/c1-9(2)12(13)15-11-6-4-10(5-7-11)8-14-3/h4-7H,1,8H2,2-3H3. The Morgan fingerprint density at radius 1 is 1.33 bits per heavy atom. The van der Waals surface area contributed by atoms with Crippen molar-refractivity contribution in [3.8, 4) is 5.75 Å². The molecule has 0 fully saturated rings. The molecule has 3 nitrogen and oxygen atoms in total. The van der Waals surface area contributed by atoms with Crippen molar-refractivity contribution in [2.75, 3.05) is 7.11 Å². The maximum absolute atomic E-state index is 11.2. The zero-order valence-electron chi connectivity index (χ0n) is 8.95. The SMILES string of the molecule is C=C(C)C(=O)Oc1ccc(COC)cc1. The van der Waals surface area contributed by atoms with Crippen molar-refractivity contribution in [3.05, 3.63) is 42.0 Å². The number of esters is 1. The monoisotopic (exact) mass is 206 g/mol. The van der Waals surface area contributed by atoms with Crippen LogP contribution in [-0.2, 0) is 16.1 Å². The molecule has 80 valence electrons. The fourth-order valence-electron chi connectivity index (χ4n) is 1.01. The van der Waals surface area contributed by atoms with Gasteiger partial charge < -0.3 is 9.47 Å². The number of carbonyl (C=O) groups excluding carboxylic acids is 1. The molecule has 0 aliphatic carbocycles. The fraction of sp³-hybridized carbons (Fsp3) is 0.250. The average molecular weight is 206 g/mol. The second-order valence-corrected chi connectivity index (χ2v) is 3.25. The van der Waals surface area contributed by atoms with Gasteiger partial charge in [-0.2, -0.15) is 0 Å². The van der Waals surface area contributed by atoms with Crippen molar-refractivity contribution in [1.82, 2.24) is 0 Å². The molecule has 0 N–H and O–H groups in total. The van der Waals surface area contributed by atoms with Crippen LogP contribution in [0.15, 0.2) is 36.4 Å². The largest absolute Gasteiger partial charge is 0.423 e. The zero-order chi connectivity index (χ0) is 11.3. The minimum Gasteiger partial charge on any atom is -0.423 e. The summed E-state index contributed by atoms with van der Waals surface area (Å²) in [6.45, 7) is 5.67. The lowest BCUT2D eigenvalue weighted by atomic mass is 10.2. The molecule has 0 aliphatic heterocycles. The lowest BCUT2D eigenvalue weighted by Crippen LogP contribution is -2.08. The predicted molar refractivity (Wildman–Crippen MR) is 57.6 cm³/mol. The van der Waals surface area contributed by atoms with Gasteiger partial charge in [0.1, 0.15) is 5.75 Å². The van der Waals surface area contributed by atoms with Crippen LogP contribution in [0.1, 0.15) is 12.5 Å². The van der Waals surface area contributed by atoms with Crippen LogP contribution in [0.3, 0.4) is 0 Å². The second kappa shape index (κ2) is 5.32. The fourth-order valence-corrected chi connectivity index (χ4v) is 1.01. The summed E-state index contributed by atoms with van der Waals surface area (Å²) in [7, 11) is 1.63. The van der Waals surface area contributed by atoms with Gasteiger partial charge in [0.25, 0.3) is 0 Å². The molecule has 0 amide bonds. The summed E-state index contributed by atoms with van der Waals surface area (Å²) in [6, 6.07) is 7.17. The highest BCUT2D eigenvalue weighted by Gasteiger charge is 2.04. The number of hydrogen-bond acceptors (Lipinski definition) is 3. The van der Waals surface area contributed by atoms with E-state index >= 15 is 0 Å². The van der Waals surface area contributed by atoms with Crippen LogP contribution in [0.4, 0.5) is 0 Å². The highest BCUT2D eigenvalue weighted by atomic mass is 16.5. The van der Waals surface area contributed by atoms with Crippen molar-refractivity contribution in [3.63, 3.8) is 0 Å². The number of methoxy groups -OCH3 is 1. The van der Waals surface area contributed by atoms with Crippen molar-refractivity contribution >= 4 is 5.97 Å². The van der Waals surface area contributed by atoms with Crippen LogP contribution >= 0.6 is 0 Å². The van der Waals surface area contributed by atoms with E-state index < -0.39 is 5.97 Å². The third-order valence-electron chi connectivity index (χ3n) is 1.79. The summed E-state index contributed by atoms with van der Waals surface area (Å²) in [5.41, 5.74) is 1.42. The summed E-state index contributed by atoms with van der Waals surface area (Å²) >= 11 is 0. The van der Waals surface area contributed by atoms with E-state index in [1.165, 1.54) is 0 Å². The van der Waals surface area contributed by atoms with Crippen molar-refractivity contribution in [2.45, 2.75) is 13.5 Å². The van der Waals surface area contributed by atoms with Crippen LogP contribution in [0, 0.1) is 0 Å². The Bertz CT molecular complexity index is 352. The summed E-state index contributed by atoms with van der Waals surface area (Å²) in [6.07, 6.45) is 0. The van der Waals surface area contributed by atoms with Crippen LogP contribution in [-0.4, -0.2) is 13.1 Å². The van der Waals surface area contributed by atoms with Gasteiger partial charge in [-0.3, -0.25) is 0 Å². The number of rotatable bonds is 4. The van der Waals surface area contributed by atoms with Gasteiger partial charge in [0.15, 0.2) is 0 Å². The Balaban J connectivity index is 2.64. The molecule has 0 aliphatic rings. The molecule has 1 rings (SSSR count). The molecule has 0 atom stereocenters. The van der Waals surface area contributed by atoms with Gasteiger partial charge in [-0.25, -0.2) is 4.79 Å². The Kier molecular flexibility index (Phi) is 4.06. The quantitative estimate of drug-likeness (QED) is 0.431. The molecule has 0 saturated carbocycles. The van der Waals surface area contributed by atoms with Gasteiger partial charge in [0.05, 0.1) is 6.61 Å². The first-order chi connectivity index (χ1) is 7.13. The molecule has 1 aromatic carbocycles. The molecule has 3 heteroatoms. The number of carbonyl (C=O) groups is 1. The molecule has 0 radical (unpaired) electrons. The second-order valence-electron chi connectivity index (χ2n) is 3.25. The van der Waals surface area contributed by atoms with E-state index in [1.54, 1.807) is 26.2 Å². The first kappa shape index (κ1) is 11.5. The normalized spacial score (nSPS) is 9.73. The average Bonchev–Trinajstić information content (AvgIpc) is 2.21. The highest BCUT2D eigenvalue weighted by molar-refractivity contribution is 5.88. The van der Waals surface area contributed by atoms with E-state index in [9.17, 15) is 4.79 Å². The van der Waals surface area contributed by atoms with Crippen molar-refractivity contribution in [1.29, 1.82) is 0 Å². The van der Waals surface area contributed by atoms with Crippen LogP contribution in [0.2, 0.25) is 0 Å². The third kappa shape index (κ3) is 3.56. The number of hydrogen-bond donors (Lipinski definition) is 0. The van der Waals surface area contributed by atoms with Crippen LogP contribution in [0.25, 0.3) is 0 Å². The minimum absolute atomic E-state index is 0.385. The first-order valence-corrected chi connectivity index (χ1v) is 4.59. The maximum Gasteiger partial charge on any atom is 0.338 e. The summed E-state index contributed by atoms with van der Waals surface area (Å²) in [5.74, 6) is 0.109. The van der Waals surface area contributed by atoms with Crippen LogP contribution < -0.4 is 4.74 Å². The van der Waals surface area contributed by atoms with E-state index in [-0.39, 0.29) is 0 Å².